The maximum Gasteiger partial charge on any atom is 0.224 e. The molecule has 0 aromatic rings. The Morgan fingerprint density at radius 3 is 2.53 bits per heavy atom. The molecule has 0 heterocycles. The maximum atomic E-state index is 11.9. The van der Waals surface area contributed by atoms with Crippen LogP contribution in [0.5, 0.6) is 0 Å². The molecule has 2 unspecified atom stereocenters. The van der Waals surface area contributed by atoms with Gasteiger partial charge in [0.2, 0.25) is 11.8 Å². The second-order valence-electron chi connectivity index (χ2n) is 4.48. The summed E-state index contributed by atoms with van der Waals surface area (Å²) >= 11 is 0. The maximum absolute atomic E-state index is 11.9. The first kappa shape index (κ1) is 14.0. The van der Waals surface area contributed by atoms with E-state index in [1.807, 2.05) is 0 Å². The Morgan fingerprint density at radius 2 is 1.88 bits per heavy atom. The van der Waals surface area contributed by atoms with E-state index in [0.29, 0.717) is 19.1 Å². The molecule has 1 saturated carbocycles. The fraction of sp³-hybridized carbons (Fsp3) is 0.833. The van der Waals surface area contributed by atoms with Gasteiger partial charge in [-0.2, -0.15) is 0 Å². The van der Waals surface area contributed by atoms with Gasteiger partial charge in [0.1, 0.15) is 0 Å². The average Bonchev–Trinajstić information content (AvgIpc) is 2.72. The zero-order chi connectivity index (χ0) is 12.7. The fourth-order valence-corrected chi connectivity index (χ4v) is 2.34. The summed E-state index contributed by atoms with van der Waals surface area (Å²) in [5, 5.41) is 8.89. The van der Waals surface area contributed by atoms with Crippen molar-refractivity contribution in [3.8, 4) is 0 Å². The molecule has 1 rings (SSSR count). The van der Waals surface area contributed by atoms with E-state index in [-0.39, 0.29) is 17.7 Å². The number of carbonyl (C=O) groups is 2. The molecular weight excluding hydrogens is 218 g/mol. The Bertz CT molecular complexity index is 268. The van der Waals surface area contributed by atoms with E-state index < -0.39 is 0 Å². The van der Waals surface area contributed by atoms with Gasteiger partial charge in [-0.1, -0.05) is 13.3 Å². The summed E-state index contributed by atoms with van der Waals surface area (Å²) in [5.74, 6) is 0.136. The minimum absolute atomic E-state index is 0.0642. The number of carbonyl (C=O) groups excluding carboxylic acids is 2. The van der Waals surface area contributed by atoms with Crippen LogP contribution in [-0.2, 0) is 9.59 Å². The van der Waals surface area contributed by atoms with Crippen LogP contribution in [0.15, 0.2) is 0 Å². The van der Waals surface area contributed by atoms with Gasteiger partial charge < -0.3 is 16.0 Å². The summed E-state index contributed by atoms with van der Waals surface area (Å²) in [6.45, 7) is 5.44. The standard InChI is InChI=1S/C12H23N3O2/c1-3-13-11-6-4-5-10(11)12(17)15-8-7-14-9(2)16/h10-11,13H,3-8H2,1-2H3,(H,14,16)(H,15,17). The molecular formula is C12H23N3O2. The molecule has 0 saturated heterocycles. The molecule has 98 valence electrons. The van der Waals surface area contributed by atoms with Crippen LogP contribution in [0.4, 0.5) is 0 Å². The lowest BCUT2D eigenvalue weighted by Crippen LogP contribution is -2.43. The van der Waals surface area contributed by atoms with Crippen molar-refractivity contribution in [3.05, 3.63) is 0 Å². The number of hydrogen-bond donors (Lipinski definition) is 3. The largest absolute Gasteiger partial charge is 0.355 e. The molecule has 5 nitrogen and oxygen atoms in total. The monoisotopic (exact) mass is 241 g/mol. The molecule has 1 fully saturated rings. The normalized spacial score (nSPS) is 23.4. The van der Waals surface area contributed by atoms with Gasteiger partial charge in [-0.05, 0) is 19.4 Å². The summed E-state index contributed by atoms with van der Waals surface area (Å²) < 4.78 is 0. The van der Waals surface area contributed by atoms with Gasteiger partial charge in [0, 0.05) is 26.1 Å². The Labute approximate surface area is 103 Å². The third-order valence-electron chi connectivity index (χ3n) is 3.12. The topological polar surface area (TPSA) is 70.2 Å². The molecule has 17 heavy (non-hydrogen) atoms. The molecule has 3 N–H and O–H groups in total. The van der Waals surface area contributed by atoms with Gasteiger partial charge in [-0.3, -0.25) is 9.59 Å². The molecule has 0 radical (unpaired) electrons. The highest BCUT2D eigenvalue weighted by molar-refractivity contribution is 5.79. The van der Waals surface area contributed by atoms with Crippen molar-refractivity contribution >= 4 is 11.8 Å². The number of amides is 2. The Hall–Kier alpha value is -1.10. The third kappa shape index (κ3) is 4.73. The van der Waals surface area contributed by atoms with Crippen LogP contribution in [0, 0.1) is 5.92 Å². The third-order valence-corrected chi connectivity index (χ3v) is 3.12. The first-order valence-electron chi connectivity index (χ1n) is 6.40. The van der Waals surface area contributed by atoms with E-state index in [0.717, 1.165) is 25.8 Å². The van der Waals surface area contributed by atoms with Crippen LogP contribution in [0.3, 0.4) is 0 Å². The molecule has 0 aromatic heterocycles. The second-order valence-corrected chi connectivity index (χ2v) is 4.48. The van der Waals surface area contributed by atoms with Crippen LogP contribution < -0.4 is 16.0 Å². The zero-order valence-electron chi connectivity index (χ0n) is 10.7. The number of rotatable bonds is 6. The van der Waals surface area contributed by atoms with Crippen molar-refractivity contribution in [2.75, 3.05) is 19.6 Å². The Morgan fingerprint density at radius 1 is 1.18 bits per heavy atom. The first-order valence-corrected chi connectivity index (χ1v) is 6.40. The first-order chi connectivity index (χ1) is 8.15. The van der Waals surface area contributed by atoms with E-state index in [4.69, 9.17) is 0 Å². The Kier molecular flexibility index (Phi) is 5.97. The van der Waals surface area contributed by atoms with Gasteiger partial charge in [-0.15, -0.1) is 0 Å². The van der Waals surface area contributed by atoms with E-state index in [2.05, 4.69) is 22.9 Å². The lowest BCUT2D eigenvalue weighted by Gasteiger charge is -2.19. The average molecular weight is 241 g/mol. The molecule has 2 amide bonds. The van der Waals surface area contributed by atoms with Gasteiger partial charge in [0.05, 0.1) is 5.92 Å². The van der Waals surface area contributed by atoms with E-state index in [1.165, 1.54) is 6.92 Å². The highest BCUT2D eigenvalue weighted by atomic mass is 16.2. The molecule has 0 aliphatic heterocycles. The van der Waals surface area contributed by atoms with Crippen molar-refractivity contribution in [2.45, 2.75) is 39.2 Å². The molecule has 0 bridgehead atoms. The molecule has 2 atom stereocenters. The van der Waals surface area contributed by atoms with Crippen molar-refractivity contribution in [1.82, 2.24) is 16.0 Å². The van der Waals surface area contributed by atoms with Crippen LogP contribution in [-0.4, -0.2) is 37.5 Å². The van der Waals surface area contributed by atoms with Crippen molar-refractivity contribution in [1.29, 1.82) is 0 Å². The predicted molar refractivity (Wildman–Crippen MR) is 66.5 cm³/mol. The highest BCUT2D eigenvalue weighted by Gasteiger charge is 2.31. The summed E-state index contributed by atoms with van der Waals surface area (Å²) in [5.41, 5.74) is 0. The second kappa shape index (κ2) is 7.27. The van der Waals surface area contributed by atoms with Crippen LogP contribution >= 0.6 is 0 Å². The van der Waals surface area contributed by atoms with Gasteiger partial charge in [0.15, 0.2) is 0 Å². The molecule has 5 heteroatoms. The smallest absolute Gasteiger partial charge is 0.224 e. The molecule has 1 aliphatic rings. The quantitative estimate of drug-likeness (QED) is 0.574. The van der Waals surface area contributed by atoms with Gasteiger partial charge >= 0.3 is 0 Å². The van der Waals surface area contributed by atoms with E-state index >= 15 is 0 Å². The summed E-state index contributed by atoms with van der Waals surface area (Å²) in [7, 11) is 0. The van der Waals surface area contributed by atoms with Crippen molar-refractivity contribution in [3.63, 3.8) is 0 Å². The lowest BCUT2D eigenvalue weighted by atomic mass is 10.0. The van der Waals surface area contributed by atoms with E-state index in [1.54, 1.807) is 0 Å². The molecule has 1 aliphatic carbocycles. The summed E-state index contributed by atoms with van der Waals surface area (Å²) in [6, 6.07) is 0.320. The number of nitrogens with one attached hydrogen (secondary N) is 3. The lowest BCUT2D eigenvalue weighted by molar-refractivity contribution is -0.125. The van der Waals surface area contributed by atoms with Crippen LogP contribution in [0.1, 0.15) is 33.1 Å². The molecule has 0 spiro atoms. The van der Waals surface area contributed by atoms with Crippen LogP contribution in [0.2, 0.25) is 0 Å². The predicted octanol–water partition coefficient (Wildman–Crippen LogP) is 0.0169. The summed E-state index contributed by atoms with van der Waals surface area (Å²) in [6.07, 6.45) is 3.16. The minimum atomic E-state index is -0.0642. The van der Waals surface area contributed by atoms with E-state index in [9.17, 15) is 9.59 Å². The van der Waals surface area contributed by atoms with Gasteiger partial charge in [-0.25, -0.2) is 0 Å². The van der Waals surface area contributed by atoms with Gasteiger partial charge in [0.25, 0.3) is 0 Å². The Balaban J connectivity index is 2.24. The SMILES string of the molecule is CCNC1CCCC1C(=O)NCCNC(C)=O. The fourth-order valence-electron chi connectivity index (χ4n) is 2.34. The van der Waals surface area contributed by atoms with Crippen molar-refractivity contribution < 1.29 is 9.59 Å². The molecule has 0 aromatic carbocycles. The number of hydrogen-bond acceptors (Lipinski definition) is 3. The van der Waals surface area contributed by atoms with Crippen molar-refractivity contribution in [2.24, 2.45) is 5.92 Å². The summed E-state index contributed by atoms with van der Waals surface area (Å²) in [4.78, 5) is 22.6. The highest BCUT2D eigenvalue weighted by Crippen LogP contribution is 2.25. The zero-order valence-corrected chi connectivity index (χ0v) is 10.7. The minimum Gasteiger partial charge on any atom is -0.355 e. The van der Waals surface area contributed by atoms with Crippen LogP contribution in [0.25, 0.3) is 0 Å².